The first-order valence-corrected chi connectivity index (χ1v) is 12.0. The van der Waals surface area contributed by atoms with Gasteiger partial charge in [0.25, 0.3) is 0 Å². The van der Waals surface area contributed by atoms with Gasteiger partial charge in [0.05, 0.1) is 6.10 Å². The molecule has 1 aromatic rings. The highest BCUT2D eigenvalue weighted by molar-refractivity contribution is 5.85. The van der Waals surface area contributed by atoms with Crippen molar-refractivity contribution in [3.8, 4) is 0 Å². The molecule has 2 atom stereocenters. The predicted molar refractivity (Wildman–Crippen MR) is 136 cm³/mol. The summed E-state index contributed by atoms with van der Waals surface area (Å²) in [4.78, 5) is 48.7. The molecule has 5 N–H and O–H groups in total. The van der Waals surface area contributed by atoms with Crippen molar-refractivity contribution in [1.29, 1.82) is 0 Å². The van der Waals surface area contributed by atoms with Crippen LogP contribution in [0.15, 0.2) is 30.3 Å². The van der Waals surface area contributed by atoms with E-state index in [1.54, 1.807) is 65.8 Å². The molecule has 0 aliphatic heterocycles. The third kappa shape index (κ3) is 15.9. The van der Waals surface area contributed by atoms with Crippen molar-refractivity contribution in [2.24, 2.45) is 0 Å². The second kappa shape index (κ2) is 14.9. The molecule has 0 saturated carbocycles. The lowest BCUT2D eigenvalue weighted by atomic mass is 10.2. The third-order valence-corrected chi connectivity index (χ3v) is 4.32. The maximum atomic E-state index is 12.7. The Bertz CT molecular complexity index is 881. The topological polar surface area (TPSA) is 164 Å². The van der Waals surface area contributed by atoms with Crippen LogP contribution in [0.2, 0.25) is 0 Å². The van der Waals surface area contributed by atoms with E-state index in [1.807, 2.05) is 6.07 Å². The average molecular weight is 525 g/mol. The van der Waals surface area contributed by atoms with E-state index in [4.69, 9.17) is 14.2 Å². The van der Waals surface area contributed by atoms with Gasteiger partial charge in [-0.05, 0) is 53.5 Å². The first-order chi connectivity index (χ1) is 17.1. The van der Waals surface area contributed by atoms with Crippen LogP contribution in [0.3, 0.4) is 0 Å². The van der Waals surface area contributed by atoms with Crippen LogP contribution >= 0.6 is 0 Å². The molecule has 0 aliphatic carbocycles. The van der Waals surface area contributed by atoms with Gasteiger partial charge in [0.1, 0.15) is 23.9 Å². The zero-order valence-electron chi connectivity index (χ0n) is 22.4. The highest BCUT2D eigenvalue weighted by Gasteiger charge is 2.24. The Balaban J connectivity index is 2.62. The fourth-order valence-electron chi connectivity index (χ4n) is 2.74. The van der Waals surface area contributed by atoms with Crippen LogP contribution in [-0.4, -0.2) is 72.3 Å². The summed E-state index contributed by atoms with van der Waals surface area (Å²) in [6.45, 7) is 9.94. The first-order valence-electron chi connectivity index (χ1n) is 12.0. The van der Waals surface area contributed by atoms with Crippen LogP contribution in [0.25, 0.3) is 0 Å². The fraction of sp³-hybridized carbons (Fsp3) is 0.600. The molecule has 0 spiro atoms. The largest absolute Gasteiger partial charge is 0.445 e. The number of benzene rings is 1. The molecule has 4 amide bonds. The lowest BCUT2D eigenvalue weighted by molar-refractivity contribution is -0.123. The molecule has 1 unspecified atom stereocenters. The van der Waals surface area contributed by atoms with Crippen molar-refractivity contribution in [2.75, 3.05) is 19.6 Å². The van der Waals surface area contributed by atoms with Crippen molar-refractivity contribution >= 4 is 24.2 Å². The second-order valence-electron chi connectivity index (χ2n) is 10.3. The molecule has 12 heteroatoms. The maximum Gasteiger partial charge on any atom is 0.408 e. The standard InChI is InChI=1S/C25H40N4O8/c1-24(2,3)36-21(32)26-13-12-19(29-23(34)35-16-17-10-8-7-9-11-17)20(31)27-14-18(30)15-28-22(33)37-25(4,5)6/h7-11,18-19,30H,12-16H2,1-6H3,(H,26,32)(H,27,31)(H,28,33)(H,29,34)/t18?,19-/m0/s1. The molecule has 12 nitrogen and oxygen atoms in total. The normalized spacial score (nSPS) is 12.9. The summed E-state index contributed by atoms with van der Waals surface area (Å²) >= 11 is 0. The van der Waals surface area contributed by atoms with Gasteiger partial charge in [-0.15, -0.1) is 0 Å². The van der Waals surface area contributed by atoms with Gasteiger partial charge >= 0.3 is 18.3 Å². The van der Waals surface area contributed by atoms with Gasteiger partial charge < -0.3 is 40.6 Å². The monoisotopic (exact) mass is 524 g/mol. The van der Waals surface area contributed by atoms with Crippen LogP contribution in [0, 0.1) is 0 Å². The van der Waals surface area contributed by atoms with Crippen molar-refractivity contribution < 1.29 is 38.5 Å². The number of ether oxygens (including phenoxy) is 3. The summed E-state index contributed by atoms with van der Waals surface area (Å²) in [5.41, 5.74) is -0.611. The second-order valence-corrected chi connectivity index (χ2v) is 10.3. The van der Waals surface area contributed by atoms with E-state index in [1.165, 1.54) is 0 Å². The minimum Gasteiger partial charge on any atom is -0.445 e. The van der Waals surface area contributed by atoms with Crippen LogP contribution in [0.4, 0.5) is 14.4 Å². The summed E-state index contributed by atoms with van der Waals surface area (Å²) in [5.74, 6) is -0.612. The molecule has 0 heterocycles. The van der Waals surface area contributed by atoms with Crippen molar-refractivity contribution in [1.82, 2.24) is 21.3 Å². The molecule has 0 radical (unpaired) electrons. The molecule has 1 aromatic carbocycles. The highest BCUT2D eigenvalue weighted by atomic mass is 16.6. The number of rotatable bonds is 11. The van der Waals surface area contributed by atoms with Gasteiger partial charge in [-0.25, -0.2) is 14.4 Å². The van der Waals surface area contributed by atoms with Gasteiger partial charge in [0.2, 0.25) is 5.91 Å². The van der Waals surface area contributed by atoms with Crippen LogP contribution in [0.1, 0.15) is 53.5 Å². The Morgan fingerprint density at radius 3 is 1.92 bits per heavy atom. The van der Waals surface area contributed by atoms with E-state index >= 15 is 0 Å². The lowest BCUT2D eigenvalue weighted by Crippen LogP contribution is -2.50. The number of aliphatic hydroxyl groups is 1. The maximum absolute atomic E-state index is 12.7. The Hall–Kier alpha value is -3.54. The number of carbonyl (C=O) groups is 4. The number of hydrogen-bond acceptors (Lipinski definition) is 8. The minimum atomic E-state index is -1.11. The summed E-state index contributed by atoms with van der Waals surface area (Å²) in [6, 6.07) is 7.93. The Morgan fingerprint density at radius 1 is 0.811 bits per heavy atom. The Morgan fingerprint density at radius 2 is 1.35 bits per heavy atom. The summed E-state index contributed by atoms with van der Waals surface area (Å²) in [6.07, 6.45) is -3.28. The molecular weight excluding hydrogens is 484 g/mol. The molecule has 0 aromatic heterocycles. The van der Waals surface area contributed by atoms with E-state index < -0.39 is 47.5 Å². The lowest BCUT2D eigenvalue weighted by Gasteiger charge is -2.22. The fourth-order valence-corrected chi connectivity index (χ4v) is 2.74. The zero-order valence-corrected chi connectivity index (χ0v) is 22.4. The SMILES string of the molecule is CC(C)(C)OC(=O)NCC[C@H](NC(=O)OCc1ccccc1)C(=O)NCC(O)CNC(=O)OC(C)(C)C. The predicted octanol–water partition coefficient (Wildman–Crippen LogP) is 2.20. The van der Waals surface area contributed by atoms with E-state index in [9.17, 15) is 24.3 Å². The van der Waals surface area contributed by atoms with E-state index in [-0.39, 0.29) is 32.7 Å². The molecule has 1 rings (SSSR count). The number of carbonyl (C=O) groups excluding carboxylic acids is 4. The number of hydrogen-bond donors (Lipinski definition) is 5. The average Bonchev–Trinajstić information content (AvgIpc) is 2.77. The summed E-state index contributed by atoms with van der Waals surface area (Å²) < 4.78 is 15.4. The van der Waals surface area contributed by atoms with Crippen LogP contribution in [-0.2, 0) is 25.6 Å². The molecule has 0 bridgehead atoms. The van der Waals surface area contributed by atoms with E-state index in [0.717, 1.165) is 5.56 Å². The zero-order chi connectivity index (χ0) is 28.1. The van der Waals surface area contributed by atoms with Crippen molar-refractivity contribution in [2.45, 2.75) is 77.9 Å². The van der Waals surface area contributed by atoms with Crippen molar-refractivity contribution in [3.63, 3.8) is 0 Å². The van der Waals surface area contributed by atoms with Gasteiger partial charge in [0.15, 0.2) is 0 Å². The molecular formula is C25H40N4O8. The van der Waals surface area contributed by atoms with Crippen LogP contribution in [0.5, 0.6) is 0 Å². The van der Waals surface area contributed by atoms with Gasteiger partial charge in [-0.1, -0.05) is 30.3 Å². The molecule has 0 aliphatic rings. The summed E-state index contributed by atoms with van der Waals surface area (Å²) in [7, 11) is 0. The van der Waals surface area contributed by atoms with Crippen LogP contribution < -0.4 is 21.3 Å². The highest BCUT2D eigenvalue weighted by Crippen LogP contribution is 2.07. The smallest absolute Gasteiger partial charge is 0.408 e. The number of amides is 4. The molecule has 0 saturated heterocycles. The quantitative estimate of drug-likeness (QED) is 0.275. The number of aliphatic hydroxyl groups excluding tert-OH is 1. The molecule has 37 heavy (non-hydrogen) atoms. The molecule has 0 fully saturated rings. The van der Waals surface area contributed by atoms with E-state index in [2.05, 4.69) is 21.3 Å². The van der Waals surface area contributed by atoms with Gasteiger partial charge in [0, 0.05) is 19.6 Å². The first kappa shape index (κ1) is 31.5. The van der Waals surface area contributed by atoms with Gasteiger partial charge in [-0.2, -0.15) is 0 Å². The summed E-state index contributed by atoms with van der Waals surface area (Å²) in [5, 5.41) is 20.0. The molecule has 208 valence electrons. The Kier molecular flexibility index (Phi) is 12.7. The van der Waals surface area contributed by atoms with Crippen molar-refractivity contribution in [3.05, 3.63) is 35.9 Å². The van der Waals surface area contributed by atoms with E-state index in [0.29, 0.717) is 0 Å². The minimum absolute atomic E-state index is 0.00617. The number of nitrogens with one attached hydrogen (secondary N) is 4. The number of alkyl carbamates (subject to hydrolysis) is 3. The Labute approximate surface area is 217 Å². The third-order valence-electron chi connectivity index (χ3n) is 4.32. The van der Waals surface area contributed by atoms with Gasteiger partial charge in [-0.3, -0.25) is 4.79 Å².